The summed E-state index contributed by atoms with van der Waals surface area (Å²) in [5.74, 6) is -2.36. The molecule has 0 aliphatic carbocycles. The van der Waals surface area contributed by atoms with Crippen LogP contribution in [0.3, 0.4) is 0 Å². The second-order valence-corrected chi connectivity index (χ2v) is 3.97. The zero-order chi connectivity index (χ0) is 12.1. The van der Waals surface area contributed by atoms with E-state index in [1.165, 1.54) is 6.20 Å². The molecule has 0 fully saturated rings. The van der Waals surface area contributed by atoms with Crippen molar-refractivity contribution in [3.63, 3.8) is 0 Å². The Morgan fingerprint density at radius 3 is 2.00 bits per heavy atom. The van der Waals surface area contributed by atoms with Gasteiger partial charge in [0.2, 0.25) is 0 Å². The van der Waals surface area contributed by atoms with E-state index in [-0.39, 0.29) is 11.1 Å². The first-order valence-corrected chi connectivity index (χ1v) is 4.34. The zero-order valence-corrected chi connectivity index (χ0v) is 8.94. The van der Waals surface area contributed by atoms with Crippen molar-refractivity contribution in [1.82, 2.24) is 5.32 Å². The first-order valence-electron chi connectivity index (χ1n) is 4.34. The Hall–Kier alpha value is -1.78. The second kappa shape index (κ2) is 5.19. The number of carboxylic acid groups (broad SMARTS) is 2. The summed E-state index contributed by atoms with van der Waals surface area (Å²) >= 11 is 0. The fourth-order valence-electron chi connectivity index (χ4n) is 0.636. The Balaban J connectivity index is 4.68. The van der Waals surface area contributed by atoms with E-state index in [0.717, 1.165) is 12.2 Å². The summed E-state index contributed by atoms with van der Waals surface area (Å²) in [5, 5.41) is 19.9. The highest BCUT2D eigenvalue weighted by molar-refractivity contribution is 5.92. The van der Waals surface area contributed by atoms with Crippen LogP contribution < -0.4 is 5.32 Å². The van der Waals surface area contributed by atoms with Gasteiger partial charge in [-0.3, -0.25) is 0 Å². The maximum atomic E-state index is 10.7. The number of aliphatic carboxylic acids is 2. The van der Waals surface area contributed by atoms with Gasteiger partial charge in [-0.05, 0) is 26.8 Å². The van der Waals surface area contributed by atoms with Crippen molar-refractivity contribution < 1.29 is 19.8 Å². The van der Waals surface area contributed by atoms with Crippen LogP contribution in [0.5, 0.6) is 0 Å². The average Bonchev–Trinajstić information content (AvgIpc) is 2.00. The summed E-state index contributed by atoms with van der Waals surface area (Å²) in [6, 6.07) is 0. The molecule has 15 heavy (non-hydrogen) atoms. The lowest BCUT2D eigenvalue weighted by Gasteiger charge is -2.18. The minimum absolute atomic E-state index is 0.104. The molecule has 0 aliphatic heterocycles. The molecule has 0 atom stereocenters. The van der Waals surface area contributed by atoms with Crippen molar-refractivity contribution in [3.8, 4) is 0 Å². The summed E-state index contributed by atoms with van der Waals surface area (Å²) in [7, 11) is 0. The first kappa shape index (κ1) is 13.2. The first-order chi connectivity index (χ1) is 6.72. The largest absolute Gasteiger partial charge is 0.478 e. The summed E-state index contributed by atoms with van der Waals surface area (Å²) in [6.07, 6.45) is 3.09. The van der Waals surface area contributed by atoms with Gasteiger partial charge in [-0.2, -0.15) is 0 Å². The van der Waals surface area contributed by atoms with Crippen LogP contribution >= 0.6 is 0 Å². The van der Waals surface area contributed by atoms with Gasteiger partial charge in [0.1, 0.15) is 0 Å². The van der Waals surface area contributed by atoms with E-state index in [9.17, 15) is 9.59 Å². The van der Waals surface area contributed by atoms with E-state index in [4.69, 9.17) is 10.2 Å². The molecule has 84 valence electrons. The van der Waals surface area contributed by atoms with Crippen molar-refractivity contribution in [2.45, 2.75) is 26.3 Å². The molecule has 0 rings (SSSR count). The van der Waals surface area contributed by atoms with Crippen LogP contribution in [0.4, 0.5) is 0 Å². The molecule has 0 saturated carbocycles. The van der Waals surface area contributed by atoms with Gasteiger partial charge >= 0.3 is 11.9 Å². The molecule has 5 heteroatoms. The number of hydrogen-bond acceptors (Lipinski definition) is 3. The molecule has 0 heterocycles. The molecule has 0 aromatic rings. The molecule has 0 unspecified atom stereocenters. The van der Waals surface area contributed by atoms with Crippen LogP contribution in [0.1, 0.15) is 20.8 Å². The van der Waals surface area contributed by atoms with Gasteiger partial charge in [0.05, 0.1) is 5.57 Å². The average molecular weight is 213 g/mol. The van der Waals surface area contributed by atoms with E-state index in [0.29, 0.717) is 0 Å². The molecule has 0 aromatic carbocycles. The summed E-state index contributed by atoms with van der Waals surface area (Å²) in [6.45, 7) is 5.59. The van der Waals surface area contributed by atoms with Crippen LogP contribution in [0.2, 0.25) is 0 Å². The van der Waals surface area contributed by atoms with Gasteiger partial charge in [0.15, 0.2) is 0 Å². The molecule has 0 aromatic heterocycles. The highest BCUT2D eigenvalue weighted by Crippen LogP contribution is 2.02. The van der Waals surface area contributed by atoms with Gasteiger partial charge in [0, 0.05) is 17.8 Å². The van der Waals surface area contributed by atoms with Crippen molar-refractivity contribution in [2.75, 3.05) is 0 Å². The molecule has 0 radical (unpaired) electrons. The van der Waals surface area contributed by atoms with Crippen molar-refractivity contribution in [3.05, 3.63) is 23.9 Å². The SMILES string of the molecule is CC(C)(C)NC=C(C=CC(=O)O)C(=O)O. The van der Waals surface area contributed by atoms with Gasteiger partial charge in [-0.1, -0.05) is 0 Å². The third-order valence-electron chi connectivity index (χ3n) is 1.31. The maximum absolute atomic E-state index is 10.7. The standard InChI is InChI=1S/C10H15NO4/c1-10(2,3)11-6-7(9(14)15)4-5-8(12)13/h4-6,11H,1-3H3,(H,12,13)(H,14,15). The molecular formula is C10H15NO4. The minimum atomic E-state index is -1.18. The predicted molar refractivity (Wildman–Crippen MR) is 55.4 cm³/mol. The number of rotatable bonds is 4. The van der Waals surface area contributed by atoms with E-state index < -0.39 is 11.9 Å². The highest BCUT2D eigenvalue weighted by atomic mass is 16.4. The normalized spacial score (nSPS) is 12.9. The Labute approximate surface area is 88.1 Å². The zero-order valence-electron chi connectivity index (χ0n) is 8.94. The third-order valence-corrected chi connectivity index (χ3v) is 1.31. The van der Waals surface area contributed by atoms with Crippen molar-refractivity contribution in [1.29, 1.82) is 0 Å². The quantitative estimate of drug-likeness (QED) is 0.478. The van der Waals surface area contributed by atoms with Crippen LogP contribution in [-0.2, 0) is 9.59 Å². The summed E-state index contributed by atoms with van der Waals surface area (Å²) in [5.41, 5.74) is -0.370. The Bertz CT molecular complexity index is 310. The smallest absolute Gasteiger partial charge is 0.337 e. The fourth-order valence-corrected chi connectivity index (χ4v) is 0.636. The molecule has 0 bridgehead atoms. The Morgan fingerprint density at radius 1 is 1.13 bits per heavy atom. The molecule has 5 nitrogen and oxygen atoms in total. The van der Waals surface area contributed by atoms with Crippen LogP contribution in [-0.4, -0.2) is 27.7 Å². The van der Waals surface area contributed by atoms with Crippen molar-refractivity contribution >= 4 is 11.9 Å². The Kier molecular flexibility index (Phi) is 4.57. The number of hydrogen-bond donors (Lipinski definition) is 3. The highest BCUT2D eigenvalue weighted by Gasteiger charge is 2.09. The van der Waals surface area contributed by atoms with Gasteiger partial charge in [-0.15, -0.1) is 0 Å². The van der Waals surface area contributed by atoms with Gasteiger partial charge < -0.3 is 15.5 Å². The molecule has 3 N–H and O–H groups in total. The number of carbonyl (C=O) groups is 2. The second-order valence-electron chi connectivity index (χ2n) is 3.97. The van der Waals surface area contributed by atoms with Gasteiger partial charge in [-0.25, -0.2) is 9.59 Å². The van der Waals surface area contributed by atoms with E-state index in [1.54, 1.807) is 0 Å². The van der Waals surface area contributed by atoms with Crippen LogP contribution in [0, 0.1) is 0 Å². The molecule has 0 aliphatic rings. The maximum Gasteiger partial charge on any atom is 0.337 e. The minimum Gasteiger partial charge on any atom is -0.478 e. The lowest BCUT2D eigenvalue weighted by atomic mass is 10.1. The van der Waals surface area contributed by atoms with Crippen LogP contribution in [0.25, 0.3) is 0 Å². The number of nitrogens with one attached hydrogen (secondary N) is 1. The predicted octanol–water partition coefficient (Wildman–Crippen LogP) is 0.984. The molecule has 0 amide bonds. The number of carboxylic acids is 2. The monoisotopic (exact) mass is 213 g/mol. The lowest BCUT2D eigenvalue weighted by Crippen LogP contribution is -2.31. The van der Waals surface area contributed by atoms with Crippen LogP contribution in [0.15, 0.2) is 23.9 Å². The van der Waals surface area contributed by atoms with E-state index in [1.807, 2.05) is 20.8 Å². The molecule has 0 spiro atoms. The van der Waals surface area contributed by atoms with Gasteiger partial charge in [0.25, 0.3) is 0 Å². The van der Waals surface area contributed by atoms with E-state index >= 15 is 0 Å². The van der Waals surface area contributed by atoms with E-state index in [2.05, 4.69) is 5.32 Å². The lowest BCUT2D eigenvalue weighted by molar-refractivity contribution is -0.132. The molecule has 0 saturated heterocycles. The summed E-state index contributed by atoms with van der Waals surface area (Å²) < 4.78 is 0. The van der Waals surface area contributed by atoms with Crippen molar-refractivity contribution in [2.24, 2.45) is 0 Å². The molecular weight excluding hydrogens is 198 g/mol. The summed E-state index contributed by atoms with van der Waals surface area (Å²) in [4.78, 5) is 20.9. The third kappa shape index (κ3) is 7.30. The fraction of sp³-hybridized carbons (Fsp3) is 0.400. The topological polar surface area (TPSA) is 86.6 Å². The Morgan fingerprint density at radius 2 is 1.67 bits per heavy atom.